The van der Waals surface area contributed by atoms with Crippen molar-refractivity contribution >= 4 is 29.0 Å². The number of benzene rings is 1. The van der Waals surface area contributed by atoms with Crippen LogP contribution in [0.1, 0.15) is 6.42 Å². The first-order chi connectivity index (χ1) is 14.2. The summed E-state index contributed by atoms with van der Waals surface area (Å²) in [5.74, 6) is 1.10. The van der Waals surface area contributed by atoms with Crippen LogP contribution in [0.4, 0.5) is 5.95 Å². The molecule has 1 aromatic carbocycles. The number of morpholine rings is 1. The highest BCUT2D eigenvalue weighted by molar-refractivity contribution is 7.98. The smallest absolute Gasteiger partial charge is 0.236 e. The third-order valence-corrected chi connectivity index (χ3v) is 5.96. The monoisotopic (exact) mass is 433 g/mol. The Morgan fingerprint density at radius 3 is 2.86 bits per heavy atom. The van der Waals surface area contributed by atoms with Crippen molar-refractivity contribution in [3.8, 4) is 21.5 Å². The van der Waals surface area contributed by atoms with Gasteiger partial charge in [0.05, 0.1) is 25.4 Å². The van der Waals surface area contributed by atoms with Crippen molar-refractivity contribution < 1.29 is 9.47 Å². The molecule has 2 N–H and O–H groups in total. The van der Waals surface area contributed by atoms with Crippen LogP contribution >= 0.6 is 23.1 Å². The number of ether oxygens (including phenoxy) is 2. The van der Waals surface area contributed by atoms with Gasteiger partial charge in [0.15, 0.2) is 5.01 Å². The lowest BCUT2D eigenvalue weighted by Crippen LogP contribution is -2.37. The highest BCUT2D eigenvalue weighted by Gasteiger charge is 2.16. The molecule has 2 aromatic heterocycles. The third kappa shape index (κ3) is 4.86. The van der Waals surface area contributed by atoms with E-state index in [2.05, 4.69) is 25.2 Å². The van der Waals surface area contributed by atoms with Crippen molar-refractivity contribution in [2.45, 2.75) is 11.6 Å². The molecule has 3 heterocycles. The summed E-state index contributed by atoms with van der Waals surface area (Å²) < 4.78 is 13.0. The second-order valence-corrected chi connectivity index (χ2v) is 8.14. The van der Waals surface area contributed by atoms with Crippen molar-refractivity contribution in [3.63, 3.8) is 0 Å². The average Bonchev–Trinajstić information content (AvgIpc) is 3.39. The van der Waals surface area contributed by atoms with E-state index in [1.807, 2.05) is 30.5 Å². The molecule has 29 heavy (non-hydrogen) atoms. The van der Waals surface area contributed by atoms with E-state index in [0.717, 1.165) is 55.6 Å². The number of thioether (sulfide) groups is 1. The largest absolute Gasteiger partial charge is 0.493 e. The number of rotatable bonds is 8. The first-order valence-electron chi connectivity index (χ1n) is 9.37. The van der Waals surface area contributed by atoms with E-state index in [0.29, 0.717) is 22.8 Å². The number of aromatic nitrogens is 5. The lowest BCUT2D eigenvalue weighted by molar-refractivity contribution is 0.0358. The summed E-state index contributed by atoms with van der Waals surface area (Å²) >= 11 is 2.83. The fourth-order valence-corrected chi connectivity index (χ4v) is 4.19. The molecule has 11 heteroatoms. The van der Waals surface area contributed by atoms with Crippen LogP contribution in [0.2, 0.25) is 0 Å². The predicted octanol–water partition coefficient (Wildman–Crippen LogP) is 2.19. The number of nitrogens with zero attached hydrogens (tertiary/aromatic N) is 6. The van der Waals surface area contributed by atoms with Crippen LogP contribution in [0.15, 0.2) is 29.4 Å². The van der Waals surface area contributed by atoms with E-state index in [1.165, 1.54) is 27.8 Å². The summed E-state index contributed by atoms with van der Waals surface area (Å²) in [5.41, 5.74) is 6.86. The Hall–Kier alpha value is -2.21. The number of anilines is 1. The van der Waals surface area contributed by atoms with E-state index in [4.69, 9.17) is 15.2 Å². The summed E-state index contributed by atoms with van der Waals surface area (Å²) in [6.07, 6.45) is 2.86. The second kappa shape index (κ2) is 9.53. The molecule has 0 bridgehead atoms. The van der Waals surface area contributed by atoms with Gasteiger partial charge in [-0.15, -0.1) is 15.3 Å². The molecule has 0 atom stereocenters. The number of para-hydroxylation sites is 1. The molecule has 1 aliphatic rings. The van der Waals surface area contributed by atoms with Crippen molar-refractivity contribution in [2.75, 3.05) is 51.4 Å². The average molecular weight is 434 g/mol. The summed E-state index contributed by atoms with van der Waals surface area (Å²) in [5, 5.41) is 14.8. The summed E-state index contributed by atoms with van der Waals surface area (Å²) in [6.45, 7) is 5.28. The van der Waals surface area contributed by atoms with Gasteiger partial charge in [0, 0.05) is 19.6 Å². The number of hydrogen-bond acceptors (Lipinski definition) is 10. The lowest BCUT2D eigenvalue weighted by atomic mass is 10.2. The van der Waals surface area contributed by atoms with E-state index < -0.39 is 0 Å². The first kappa shape index (κ1) is 20.1. The van der Waals surface area contributed by atoms with Gasteiger partial charge in [0.1, 0.15) is 5.75 Å². The number of nitrogens with two attached hydrogens (primary N) is 1. The van der Waals surface area contributed by atoms with Gasteiger partial charge in [-0.25, -0.2) is 0 Å². The van der Waals surface area contributed by atoms with Gasteiger partial charge < -0.3 is 15.2 Å². The molecule has 4 rings (SSSR count). The Balaban J connectivity index is 1.42. The number of nitrogen functional groups attached to an aromatic ring is 1. The molecule has 0 unspecified atom stereocenters. The maximum Gasteiger partial charge on any atom is 0.236 e. The van der Waals surface area contributed by atoms with Gasteiger partial charge in [-0.05, 0) is 24.8 Å². The highest BCUT2D eigenvalue weighted by atomic mass is 32.2. The van der Waals surface area contributed by atoms with Crippen molar-refractivity contribution in [1.82, 2.24) is 29.9 Å². The highest BCUT2D eigenvalue weighted by Crippen LogP contribution is 2.33. The van der Waals surface area contributed by atoms with Crippen LogP contribution < -0.4 is 10.5 Å². The summed E-state index contributed by atoms with van der Waals surface area (Å²) in [7, 11) is 0. The second-order valence-electron chi connectivity index (χ2n) is 6.41. The minimum atomic E-state index is 0.296. The third-order valence-electron chi connectivity index (χ3n) is 4.49. The molecule has 1 fully saturated rings. The Bertz CT molecular complexity index is 940. The molecule has 3 aromatic rings. The van der Waals surface area contributed by atoms with Gasteiger partial charge in [-0.1, -0.05) is 35.2 Å². The minimum absolute atomic E-state index is 0.296. The van der Waals surface area contributed by atoms with Gasteiger partial charge in [0.2, 0.25) is 16.2 Å². The molecular formula is C18H23N7O2S2. The Morgan fingerprint density at radius 1 is 1.24 bits per heavy atom. The van der Waals surface area contributed by atoms with E-state index in [1.54, 1.807) is 0 Å². The van der Waals surface area contributed by atoms with Gasteiger partial charge in [-0.2, -0.15) is 9.67 Å². The van der Waals surface area contributed by atoms with Crippen LogP contribution in [0, 0.1) is 0 Å². The SMILES string of the molecule is CSc1nc(N)n(-c2nnc(-c3ccccc3OCCCN3CCOCC3)s2)n1. The van der Waals surface area contributed by atoms with Gasteiger partial charge in [-0.3, -0.25) is 4.90 Å². The zero-order chi connectivity index (χ0) is 20.1. The van der Waals surface area contributed by atoms with Gasteiger partial charge in [0.25, 0.3) is 0 Å². The van der Waals surface area contributed by atoms with Gasteiger partial charge >= 0.3 is 0 Å². The van der Waals surface area contributed by atoms with Crippen LogP contribution in [-0.2, 0) is 4.74 Å². The topological polar surface area (TPSA) is 104 Å². The minimum Gasteiger partial charge on any atom is -0.493 e. The van der Waals surface area contributed by atoms with Crippen molar-refractivity contribution in [3.05, 3.63) is 24.3 Å². The fraction of sp³-hybridized carbons (Fsp3) is 0.444. The van der Waals surface area contributed by atoms with Crippen LogP contribution in [0.5, 0.6) is 5.75 Å². The Morgan fingerprint density at radius 2 is 2.07 bits per heavy atom. The molecule has 9 nitrogen and oxygen atoms in total. The maximum absolute atomic E-state index is 6.06. The van der Waals surface area contributed by atoms with E-state index >= 15 is 0 Å². The molecule has 0 saturated carbocycles. The zero-order valence-corrected chi connectivity index (χ0v) is 17.8. The predicted molar refractivity (Wildman–Crippen MR) is 114 cm³/mol. The van der Waals surface area contributed by atoms with Crippen LogP contribution in [0.3, 0.4) is 0 Å². The summed E-state index contributed by atoms with van der Waals surface area (Å²) in [4.78, 5) is 6.59. The number of hydrogen-bond donors (Lipinski definition) is 1. The zero-order valence-electron chi connectivity index (χ0n) is 16.2. The standard InChI is InChI=1S/C18H23N7O2S2/c1-28-17-20-16(19)25(23-17)18-22-21-15(29-18)13-5-2-3-6-14(13)27-10-4-7-24-8-11-26-12-9-24/h2-3,5-6H,4,7-12H2,1H3,(H2,19,20,23). The normalized spacial score (nSPS) is 14.9. The Kier molecular flexibility index (Phi) is 6.60. The quantitative estimate of drug-likeness (QED) is 0.423. The van der Waals surface area contributed by atoms with Crippen LogP contribution in [-0.4, -0.2) is 75.6 Å². The molecule has 1 saturated heterocycles. The molecule has 0 radical (unpaired) electrons. The molecule has 0 amide bonds. The van der Waals surface area contributed by atoms with E-state index in [9.17, 15) is 0 Å². The molecule has 154 valence electrons. The van der Waals surface area contributed by atoms with Crippen molar-refractivity contribution in [2.24, 2.45) is 0 Å². The van der Waals surface area contributed by atoms with E-state index in [-0.39, 0.29) is 0 Å². The molecule has 0 spiro atoms. The molecular weight excluding hydrogens is 410 g/mol. The molecule has 0 aliphatic carbocycles. The lowest BCUT2D eigenvalue weighted by Gasteiger charge is -2.26. The molecule has 1 aliphatic heterocycles. The summed E-state index contributed by atoms with van der Waals surface area (Å²) in [6, 6.07) is 7.87. The van der Waals surface area contributed by atoms with Crippen LogP contribution in [0.25, 0.3) is 15.7 Å². The fourth-order valence-electron chi connectivity index (χ4n) is 3.01. The van der Waals surface area contributed by atoms with Crippen molar-refractivity contribution in [1.29, 1.82) is 0 Å². The maximum atomic E-state index is 6.06. The Labute approximate surface area is 177 Å². The first-order valence-corrected chi connectivity index (χ1v) is 11.4.